The Morgan fingerprint density at radius 3 is 2.68 bits per heavy atom. The predicted molar refractivity (Wildman–Crippen MR) is 87.9 cm³/mol. The largest absolute Gasteiger partial charge is 0.481 e. The van der Waals surface area contributed by atoms with Gasteiger partial charge in [0.2, 0.25) is 11.8 Å². The molecule has 2 amide bonds. The zero-order chi connectivity index (χ0) is 15.9. The van der Waals surface area contributed by atoms with Gasteiger partial charge < -0.3 is 15.3 Å². The van der Waals surface area contributed by atoms with Crippen LogP contribution in [0.1, 0.15) is 25.7 Å². The Balaban J connectivity index is 1.75. The minimum atomic E-state index is -0.850. The zero-order valence-corrected chi connectivity index (χ0v) is 14.1. The Labute approximate surface area is 138 Å². The number of carbonyl (C=O) groups excluding carboxylic acids is 2. The monoisotopic (exact) mass is 346 g/mol. The van der Waals surface area contributed by atoms with Crippen LogP contribution in [0, 0.1) is 5.92 Å². The Kier molecular flexibility index (Phi) is 6.88. The third kappa shape index (κ3) is 4.81. The van der Waals surface area contributed by atoms with Gasteiger partial charge in [0.15, 0.2) is 0 Å². The first kappa shape index (κ1) is 17.5. The third-order valence-electron chi connectivity index (χ3n) is 3.94. The maximum atomic E-state index is 12.5. The molecule has 0 bridgehead atoms. The maximum absolute atomic E-state index is 12.5. The number of nitrogens with zero attached hydrogens (tertiary/aromatic N) is 1. The summed E-state index contributed by atoms with van der Waals surface area (Å²) in [5.74, 6) is 1.11. The van der Waals surface area contributed by atoms with Gasteiger partial charge in [-0.2, -0.15) is 0 Å². The maximum Gasteiger partial charge on any atom is 0.313 e. The number of nitrogens with one attached hydrogen (secondary N) is 1. The number of hydrogen-bond donors (Lipinski definition) is 2. The van der Waals surface area contributed by atoms with Crippen molar-refractivity contribution in [1.82, 2.24) is 10.2 Å². The summed E-state index contributed by atoms with van der Waals surface area (Å²) in [5.41, 5.74) is 0. The van der Waals surface area contributed by atoms with Crippen LogP contribution in [0.4, 0.5) is 0 Å². The van der Waals surface area contributed by atoms with E-state index in [9.17, 15) is 14.4 Å². The van der Waals surface area contributed by atoms with E-state index in [4.69, 9.17) is 5.11 Å². The Bertz CT molecular complexity index is 427. The number of carbonyl (C=O) groups is 3. The minimum absolute atomic E-state index is 0.0431. The van der Waals surface area contributed by atoms with E-state index in [2.05, 4.69) is 5.32 Å². The van der Waals surface area contributed by atoms with Crippen molar-refractivity contribution in [3.05, 3.63) is 0 Å². The molecule has 1 saturated carbocycles. The molecule has 2 rings (SSSR count). The van der Waals surface area contributed by atoms with Crippen LogP contribution >= 0.6 is 23.5 Å². The van der Waals surface area contributed by atoms with Crippen LogP contribution in [0.5, 0.6) is 0 Å². The number of rotatable bonds is 7. The van der Waals surface area contributed by atoms with Crippen molar-refractivity contribution < 1.29 is 19.5 Å². The van der Waals surface area contributed by atoms with E-state index in [0.29, 0.717) is 23.9 Å². The quantitative estimate of drug-likeness (QED) is 0.669. The summed E-state index contributed by atoms with van der Waals surface area (Å²) in [6, 6.07) is -0.373. The normalized spacial score (nSPS) is 22.0. The molecule has 6 nitrogen and oxygen atoms in total. The van der Waals surface area contributed by atoms with Crippen molar-refractivity contribution in [2.75, 3.05) is 29.7 Å². The van der Waals surface area contributed by atoms with E-state index in [1.54, 1.807) is 16.7 Å². The minimum Gasteiger partial charge on any atom is -0.481 e. The molecule has 0 spiro atoms. The molecule has 2 N–H and O–H groups in total. The summed E-state index contributed by atoms with van der Waals surface area (Å²) in [7, 11) is 0. The van der Waals surface area contributed by atoms with E-state index in [1.807, 2.05) is 0 Å². The van der Waals surface area contributed by atoms with Crippen molar-refractivity contribution in [1.29, 1.82) is 0 Å². The van der Waals surface area contributed by atoms with Gasteiger partial charge in [-0.3, -0.25) is 14.4 Å². The lowest BCUT2D eigenvalue weighted by Crippen LogP contribution is -2.49. The Morgan fingerprint density at radius 2 is 2.00 bits per heavy atom. The first-order valence-electron chi connectivity index (χ1n) is 7.55. The number of hydrogen-bond acceptors (Lipinski definition) is 5. The van der Waals surface area contributed by atoms with Crippen molar-refractivity contribution in [3.8, 4) is 0 Å². The number of thioether (sulfide) groups is 2. The molecule has 1 aliphatic heterocycles. The number of carboxylic acid groups (broad SMARTS) is 1. The highest BCUT2D eigenvalue weighted by molar-refractivity contribution is 8.00. The van der Waals surface area contributed by atoms with Crippen molar-refractivity contribution in [3.63, 3.8) is 0 Å². The molecule has 8 heteroatoms. The molecule has 22 heavy (non-hydrogen) atoms. The smallest absolute Gasteiger partial charge is 0.313 e. The summed E-state index contributed by atoms with van der Waals surface area (Å²) in [4.78, 5) is 36.8. The lowest BCUT2D eigenvalue weighted by Gasteiger charge is -2.25. The van der Waals surface area contributed by atoms with Gasteiger partial charge in [-0.25, -0.2) is 0 Å². The van der Waals surface area contributed by atoms with Crippen LogP contribution in [-0.2, 0) is 14.4 Å². The highest BCUT2D eigenvalue weighted by Crippen LogP contribution is 2.30. The molecule has 1 unspecified atom stereocenters. The average molecular weight is 346 g/mol. The molecule has 1 heterocycles. The Hall–Kier alpha value is -0.890. The molecule has 0 radical (unpaired) electrons. The predicted octanol–water partition coefficient (Wildman–Crippen LogP) is 1.01. The van der Waals surface area contributed by atoms with E-state index >= 15 is 0 Å². The van der Waals surface area contributed by atoms with Crippen LogP contribution in [-0.4, -0.2) is 63.5 Å². The summed E-state index contributed by atoms with van der Waals surface area (Å²) in [5, 5.41) is 11.4. The SMILES string of the molecule is O=C(O)CSCCNC(=O)C1CSCN1C(=O)C1CCCC1. The Morgan fingerprint density at radius 1 is 1.27 bits per heavy atom. The van der Waals surface area contributed by atoms with Crippen molar-refractivity contribution in [2.24, 2.45) is 5.92 Å². The molecular formula is C14H22N2O4S2. The van der Waals surface area contributed by atoms with Crippen LogP contribution < -0.4 is 5.32 Å². The van der Waals surface area contributed by atoms with Gasteiger partial charge in [0, 0.05) is 24.0 Å². The van der Waals surface area contributed by atoms with Crippen molar-refractivity contribution >= 4 is 41.3 Å². The molecule has 1 atom stereocenters. The standard InChI is InChI=1S/C14H22N2O4S2/c17-12(18)8-21-6-5-15-13(19)11-7-22-9-16(11)14(20)10-3-1-2-4-10/h10-11H,1-9H2,(H,15,19)(H,17,18). The van der Waals surface area contributed by atoms with Crippen LogP contribution in [0.15, 0.2) is 0 Å². The molecule has 0 aromatic heterocycles. The zero-order valence-electron chi connectivity index (χ0n) is 12.5. The van der Waals surface area contributed by atoms with Crippen molar-refractivity contribution in [2.45, 2.75) is 31.7 Å². The first-order chi connectivity index (χ1) is 10.6. The fourth-order valence-electron chi connectivity index (χ4n) is 2.81. The van der Waals surface area contributed by atoms with Crippen LogP contribution in [0.25, 0.3) is 0 Å². The lowest BCUT2D eigenvalue weighted by molar-refractivity contribution is -0.141. The molecule has 1 saturated heterocycles. The average Bonchev–Trinajstić information content (AvgIpc) is 3.17. The lowest BCUT2D eigenvalue weighted by atomic mass is 10.1. The molecule has 2 fully saturated rings. The second kappa shape index (κ2) is 8.67. The molecule has 2 aliphatic rings. The van der Waals surface area contributed by atoms with E-state index in [1.165, 1.54) is 11.8 Å². The van der Waals surface area contributed by atoms with Crippen LogP contribution in [0.2, 0.25) is 0 Å². The van der Waals surface area contributed by atoms with Gasteiger partial charge >= 0.3 is 5.97 Å². The molecule has 0 aromatic carbocycles. The fraction of sp³-hybridized carbons (Fsp3) is 0.786. The van der Waals surface area contributed by atoms with E-state index in [-0.39, 0.29) is 29.5 Å². The van der Waals surface area contributed by atoms with Crippen LogP contribution in [0.3, 0.4) is 0 Å². The highest BCUT2D eigenvalue weighted by atomic mass is 32.2. The summed E-state index contributed by atoms with van der Waals surface area (Å²) in [6.45, 7) is 0.434. The number of carboxylic acids is 1. The topological polar surface area (TPSA) is 86.7 Å². The fourth-order valence-corrected chi connectivity index (χ4v) is 4.54. The third-order valence-corrected chi connectivity index (χ3v) is 5.90. The first-order valence-corrected chi connectivity index (χ1v) is 9.86. The second-order valence-electron chi connectivity index (χ2n) is 5.54. The highest BCUT2D eigenvalue weighted by Gasteiger charge is 2.38. The van der Waals surface area contributed by atoms with Gasteiger partial charge in [-0.1, -0.05) is 12.8 Å². The number of aliphatic carboxylic acids is 1. The second-order valence-corrected chi connectivity index (χ2v) is 7.65. The molecule has 124 valence electrons. The van der Waals surface area contributed by atoms with Gasteiger partial charge in [-0.05, 0) is 12.8 Å². The molecular weight excluding hydrogens is 324 g/mol. The van der Waals surface area contributed by atoms with E-state index in [0.717, 1.165) is 25.7 Å². The van der Waals surface area contributed by atoms with Gasteiger partial charge in [0.1, 0.15) is 6.04 Å². The van der Waals surface area contributed by atoms with Gasteiger partial charge in [0.05, 0.1) is 11.6 Å². The summed E-state index contributed by atoms with van der Waals surface area (Å²) >= 11 is 2.89. The summed E-state index contributed by atoms with van der Waals surface area (Å²) < 4.78 is 0. The van der Waals surface area contributed by atoms with Gasteiger partial charge in [0.25, 0.3) is 0 Å². The summed E-state index contributed by atoms with van der Waals surface area (Å²) in [6.07, 6.45) is 4.10. The van der Waals surface area contributed by atoms with Gasteiger partial charge in [-0.15, -0.1) is 23.5 Å². The van der Waals surface area contributed by atoms with E-state index < -0.39 is 5.97 Å². The number of amides is 2. The molecule has 1 aliphatic carbocycles. The molecule has 0 aromatic rings.